The Labute approximate surface area is 186 Å². The van der Waals surface area contributed by atoms with Crippen LogP contribution in [0.15, 0.2) is 42.7 Å². The van der Waals surface area contributed by atoms with E-state index in [9.17, 15) is 0 Å². The third-order valence-electron chi connectivity index (χ3n) is 5.69. The Morgan fingerprint density at radius 3 is 2.71 bits per heavy atom. The minimum Gasteiger partial charge on any atom is -0.497 e. The molecule has 4 aromatic rings. The van der Waals surface area contributed by atoms with Gasteiger partial charge in [-0.25, -0.2) is 9.97 Å². The van der Waals surface area contributed by atoms with Crippen LogP contribution >= 0.6 is 11.6 Å². The predicted molar refractivity (Wildman–Crippen MR) is 123 cm³/mol. The van der Waals surface area contributed by atoms with Gasteiger partial charge in [0.2, 0.25) is 5.95 Å². The Morgan fingerprint density at radius 2 is 1.97 bits per heavy atom. The number of benzene rings is 1. The molecule has 1 aromatic carbocycles. The average Bonchev–Trinajstić information content (AvgIpc) is 3.49. The molecule has 31 heavy (non-hydrogen) atoms. The number of aromatic nitrogens is 4. The zero-order valence-corrected chi connectivity index (χ0v) is 18.4. The number of halogens is 1. The largest absolute Gasteiger partial charge is 0.497 e. The first-order chi connectivity index (χ1) is 15.1. The highest BCUT2D eigenvalue weighted by Crippen LogP contribution is 2.30. The lowest BCUT2D eigenvalue weighted by atomic mass is 10.2. The van der Waals surface area contributed by atoms with Crippen LogP contribution < -0.4 is 10.1 Å². The van der Waals surface area contributed by atoms with Gasteiger partial charge in [0, 0.05) is 18.4 Å². The third kappa shape index (κ3) is 3.98. The summed E-state index contributed by atoms with van der Waals surface area (Å²) in [6.07, 6.45) is 6.50. The molecular weight excluding hydrogens is 412 g/mol. The van der Waals surface area contributed by atoms with E-state index in [0.717, 1.165) is 53.8 Å². The maximum Gasteiger partial charge on any atom is 0.205 e. The summed E-state index contributed by atoms with van der Waals surface area (Å²) in [7, 11) is 1.66. The topological polar surface area (TPSA) is 70.5 Å². The molecule has 0 bridgehead atoms. The Hall–Kier alpha value is -3.03. The molecule has 160 valence electrons. The van der Waals surface area contributed by atoms with Gasteiger partial charge in [0.15, 0.2) is 5.65 Å². The van der Waals surface area contributed by atoms with Gasteiger partial charge in [0.1, 0.15) is 5.75 Å². The van der Waals surface area contributed by atoms with Crippen LogP contribution in [-0.4, -0.2) is 44.5 Å². The van der Waals surface area contributed by atoms with E-state index in [1.807, 2.05) is 43.5 Å². The second-order valence-corrected chi connectivity index (χ2v) is 8.33. The first kappa shape index (κ1) is 19.9. The van der Waals surface area contributed by atoms with Crippen LogP contribution in [0, 0.1) is 6.92 Å². The van der Waals surface area contributed by atoms with E-state index in [4.69, 9.17) is 21.3 Å². The molecule has 4 heterocycles. The molecule has 1 fully saturated rings. The minimum atomic E-state index is 0.661. The van der Waals surface area contributed by atoms with Crippen molar-refractivity contribution >= 4 is 28.9 Å². The number of hydrogen-bond acceptors (Lipinski definition) is 5. The Kier molecular flexibility index (Phi) is 5.29. The molecule has 0 amide bonds. The summed E-state index contributed by atoms with van der Waals surface area (Å²) >= 11 is 6.61. The van der Waals surface area contributed by atoms with Crippen LogP contribution in [-0.2, 0) is 6.54 Å². The lowest BCUT2D eigenvalue weighted by Gasteiger charge is -2.15. The van der Waals surface area contributed by atoms with E-state index in [1.54, 1.807) is 7.11 Å². The van der Waals surface area contributed by atoms with Gasteiger partial charge in [-0.3, -0.25) is 9.30 Å². The van der Waals surface area contributed by atoms with Crippen molar-refractivity contribution in [2.24, 2.45) is 0 Å². The molecule has 0 unspecified atom stereocenters. The lowest BCUT2D eigenvalue weighted by Crippen LogP contribution is -2.18. The van der Waals surface area contributed by atoms with Crippen molar-refractivity contribution in [3.05, 3.63) is 59.0 Å². The number of nitrogens with one attached hydrogen (secondary N) is 2. The molecule has 0 saturated carbocycles. The summed E-state index contributed by atoms with van der Waals surface area (Å²) in [5.74, 6) is 1.47. The van der Waals surface area contributed by atoms with Gasteiger partial charge in [0.05, 0.1) is 35.4 Å². The number of pyridine rings is 1. The predicted octanol–water partition coefficient (Wildman–Crippen LogP) is 5.03. The van der Waals surface area contributed by atoms with Gasteiger partial charge < -0.3 is 15.0 Å². The maximum absolute atomic E-state index is 6.61. The number of hydrogen-bond donors (Lipinski definition) is 2. The lowest BCUT2D eigenvalue weighted by molar-refractivity contribution is 0.331. The van der Waals surface area contributed by atoms with E-state index in [1.165, 1.54) is 18.4 Å². The highest BCUT2D eigenvalue weighted by atomic mass is 35.5. The molecule has 1 aliphatic heterocycles. The van der Waals surface area contributed by atoms with Crippen LogP contribution in [0.3, 0.4) is 0 Å². The zero-order chi connectivity index (χ0) is 21.4. The van der Waals surface area contributed by atoms with Crippen LogP contribution in [0.5, 0.6) is 5.75 Å². The van der Waals surface area contributed by atoms with Gasteiger partial charge in [-0.15, -0.1) is 0 Å². The van der Waals surface area contributed by atoms with E-state index in [2.05, 4.69) is 30.8 Å². The molecule has 0 aliphatic carbocycles. The fraction of sp³-hybridized carbons (Fsp3) is 0.304. The molecular formula is C23H25ClN6O. The number of fused-ring (bicyclic) bond motifs is 1. The van der Waals surface area contributed by atoms with Crippen molar-refractivity contribution in [3.8, 4) is 17.1 Å². The van der Waals surface area contributed by atoms with Crippen LogP contribution in [0.25, 0.3) is 17.0 Å². The molecule has 2 N–H and O–H groups in total. The normalized spacial score (nSPS) is 14.4. The smallest absolute Gasteiger partial charge is 0.205 e. The molecule has 0 radical (unpaired) electrons. The molecule has 0 atom stereocenters. The summed E-state index contributed by atoms with van der Waals surface area (Å²) in [6, 6.07) is 9.75. The van der Waals surface area contributed by atoms with Crippen LogP contribution in [0.4, 0.5) is 11.6 Å². The number of H-pyrrole nitrogens is 1. The van der Waals surface area contributed by atoms with Crippen LogP contribution in [0.1, 0.15) is 24.1 Å². The highest BCUT2D eigenvalue weighted by molar-refractivity contribution is 6.33. The number of aromatic amines is 1. The van der Waals surface area contributed by atoms with Gasteiger partial charge in [-0.2, -0.15) is 0 Å². The monoisotopic (exact) mass is 436 g/mol. The fourth-order valence-corrected chi connectivity index (χ4v) is 4.47. The van der Waals surface area contributed by atoms with Crippen molar-refractivity contribution in [1.29, 1.82) is 0 Å². The third-order valence-corrected chi connectivity index (χ3v) is 5.97. The number of imidazole rings is 2. The SMILES string of the molecule is COc1ccc(Nc2ncc(-c3c(C)nc4c(Cl)cc(CN5CCCC5)cn34)[nH]2)cc1. The van der Waals surface area contributed by atoms with Crippen molar-refractivity contribution in [1.82, 2.24) is 24.3 Å². The van der Waals surface area contributed by atoms with Gasteiger partial charge in [0.25, 0.3) is 0 Å². The highest BCUT2D eigenvalue weighted by Gasteiger charge is 2.18. The van der Waals surface area contributed by atoms with Crippen molar-refractivity contribution < 1.29 is 4.74 Å². The first-order valence-electron chi connectivity index (χ1n) is 10.5. The molecule has 3 aromatic heterocycles. The number of nitrogens with zero attached hydrogens (tertiary/aromatic N) is 4. The molecule has 0 spiro atoms. The molecule has 1 aliphatic rings. The summed E-state index contributed by atoms with van der Waals surface area (Å²) in [5, 5.41) is 3.96. The Bertz CT molecular complexity index is 1210. The van der Waals surface area contributed by atoms with E-state index >= 15 is 0 Å². The summed E-state index contributed by atoms with van der Waals surface area (Å²) in [5.41, 5.74) is 5.63. The summed E-state index contributed by atoms with van der Waals surface area (Å²) in [6.45, 7) is 5.19. The van der Waals surface area contributed by atoms with E-state index in [-0.39, 0.29) is 0 Å². The van der Waals surface area contributed by atoms with Gasteiger partial charge >= 0.3 is 0 Å². The van der Waals surface area contributed by atoms with Gasteiger partial charge in [-0.1, -0.05) is 11.6 Å². The molecule has 8 heteroatoms. The standard InChI is InChI=1S/C23H25ClN6O/c1-15-21(20-12-25-23(28-20)27-17-5-7-18(31-2)8-6-17)30-14-16(11-19(24)22(30)26-15)13-29-9-3-4-10-29/h5-8,11-12,14H,3-4,9-10,13H2,1-2H3,(H2,25,27,28). The summed E-state index contributed by atoms with van der Waals surface area (Å²) < 4.78 is 7.29. The molecule has 1 saturated heterocycles. The Morgan fingerprint density at radius 1 is 1.19 bits per heavy atom. The van der Waals surface area contributed by atoms with Crippen molar-refractivity contribution in [3.63, 3.8) is 0 Å². The Balaban J connectivity index is 1.46. The first-order valence-corrected chi connectivity index (χ1v) is 10.8. The van der Waals surface area contributed by atoms with E-state index in [0.29, 0.717) is 11.0 Å². The fourth-order valence-electron chi connectivity index (χ4n) is 4.20. The minimum absolute atomic E-state index is 0.661. The average molecular weight is 437 g/mol. The number of ether oxygens (including phenoxy) is 1. The van der Waals surface area contributed by atoms with Gasteiger partial charge in [-0.05, 0) is 68.8 Å². The second kappa shape index (κ2) is 8.24. The van der Waals surface area contributed by atoms with Crippen molar-refractivity contribution in [2.75, 3.05) is 25.5 Å². The van der Waals surface area contributed by atoms with Crippen LogP contribution in [0.2, 0.25) is 5.02 Å². The number of aryl methyl sites for hydroxylation is 1. The summed E-state index contributed by atoms with van der Waals surface area (Å²) in [4.78, 5) is 15.1. The number of methoxy groups -OCH3 is 1. The number of rotatable bonds is 6. The zero-order valence-electron chi connectivity index (χ0n) is 17.7. The van der Waals surface area contributed by atoms with E-state index < -0.39 is 0 Å². The molecule has 7 nitrogen and oxygen atoms in total. The second-order valence-electron chi connectivity index (χ2n) is 7.92. The number of likely N-dealkylation sites (tertiary alicyclic amines) is 1. The molecule has 5 rings (SSSR count). The number of anilines is 2. The van der Waals surface area contributed by atoms with Crippen molar-refractivity contribution in [2.45, 2.75) is 26.3 Å². The quantitative estimate of drug-likeness (QED) is 0.443. The maximum atomic E-state index is 6.61.